The Kier molecular flexibility index (Phi) is 4.56. The number of sulfonamides is 1. The molecular formula is C11H12F3N3O4S. The van der Waals surface area contributed by atoms with Crippen molar-refractivity contribution in [1.29, 1.82) is 0 Å². The van der Waals surface area contributed by atoms with E-state index in [1.165, 1.54) is 21.8 Å². The number of amides is 1. The Hall–Kier alpha value is -1.88. The number of pyridine rings is 1. The minimum absolute atomic E-state index is 0.0637. The van der Waals surface area contributed by atoms with Crippen LogP contribution in [-0.2, 0) is 26.1 Å². The molecule has 11 heteroatoms. The fourth-order valence-electron chi connectivity index (χ4n) is 1.77. The summed E-state index contributed by atoms with van der Waals surface area (Å²) in [5.41, 5.74) is -5.29. The zero-order valence-corrected chi connectivity index (χ0v) is 11.9. The van der Waals surface area contributed by atoms with Gasteiger partial charge in [0.05, 0.1) is 6.61 Å². The van der Waals surface area contributed by atoms with Crippen LogP contribution in [0.2, 0.25) is 0 Å². The van der Waals surface area contributed by atoms with Crippen molar-refractivity contribution in [2.24, 2.45) is 0 Å². The lowest BCUT2D eigenvalue weighted by atomic mass is 10.2. The predicted molar refractivity (Wildman–Crippen MR) is 69.1 cm³/mol. The summed E-state index contributed by atoms with van der Waals surface area (Å²) in [5, 5.41) is 0. The van der Waals surface area contributed by atoms with Gasteiger partial charge in [-0.2, -0.15) is 21.6 Å². The first-order valence-electron chi connectivity index (χ1n) is 6.09. The summed E-state index contributed by atoms with van der Waals surface area (Å²) in [7, 11) is -5.57. The number of aromatic nitrogens is 1. The summed E-state index contributed by atoms with van der Waals surface area (Å²) in [6.45, 7) is 0.379. The Morgan fingerprint density at radius 2 is 2.14 bits per heavy atom. The van der Waals surface area contributed by atoms with Crippen LogP contribution in [0.5, 0.6) is 0 Å². The standard InChI is InChI=1S/C11H12F3N3O4S/c12-11(13,14)22(19,20)16-10-8(2-1-3-15-10)6-17-4-5-21-7-9(17)18/h1-3H,4-7H2,(H,15,16). The van der Waals surface area contributed by atoms with E-state index < -0.39 is 21.3 Å². The van der Waals surface area contributed by atoms with Crippen LogP contribution in [0.3, 0.4) is 0 Å². The van der Waals surface area contributed by atoms with Gasteiger partial charge in [0, 0.05) is 24.8 Å². The highest BCUT2D eigenvalue weighted by atomic mass is 32.2. The molecule has 122 valence electrons. The Morgan fingerprint density at radius 1 is 1.41 bits per heavy atom. The molecule has 0 radical (unpaired) electrons. The minimum atomic E-state index is -5.57. The monoisotopic (exact) mass is 339 g/mol. The number of nitrogens with zero attached hydrogens (tertiary/aromatic N) is 2. The molecule has 1 aromatic heterocycles. The van der Waals surface area contributed by atoms with Crippen molar-refractivity contribution in [2.75, 3.05) is 24.5 Å². The molecule has 0 aromatic carbocycles. The van der Waals surface area contributed by atoms with Crippen molar-refractivity contribution >= 4 is 21.7 Å². The number of hydrogen-bond acceptors (Lipinski definition) is 5. The summed E-state index contributed by atoms with van der Waals surface area (Å²) in [6.07, 6.45) is 1.15. The molecule has 0 atom stereocenters. The second kappa shape index (κ2) is 6.08. The highest BCUT2D eigenvalue weighted by Gasteiger charge is 2.46. The van der Waals surface area contributed by atoms with Crippen LogP contribution < -0.4 is 4.72 Å². The van der Waals surface area contributed by atoms with Crippen LogP contribution >= 0.6 is 0 Å². The minimum Gasteiger partial charge on any atom is -0.370 e. The number of carbonyl (C=O) groups excluding carboxylic acids is 1. The van der Waals surface area contributed by atoms with Gasteiger partial charge < -0.3 is 9.64 Å². The number of ether oxygens (including phenoxy) is 1. The van der Waals surface area contributed by atoms with Gasteiger partial charge in [-0.15, -0.1) is 0 Å². The van der Waals surface area contributed by atoms with Crippen LogP contribution in [0.4, 0.5) is 19.0 Å². The number of alkyl halides is 3. The third-order valence-corrected chi connectivity index (χ3v) is 3.94. The molecule has 1 amide bonds. The van der Waals surface area contributed by atoms with Gasteiger partial charge in [-0.25, -0.2) is 4.98 Å². The van der Waals surface area contributed by atoms with Gasteiger partial charge in [0.25, 0.3) is 0 Å². The maximum atomic E-state index is 12.4. The number of rotatable bonds is 4. The maximum absolute atomic E-state index is 12.4. The van der Waals surface area contributed by atoms with Crippen LogP contribution in [0.15, 0.2) is 18.3 Å². The Morgan fingerprint density at radius 3 is 2.77 bits per heavy atom. The molecule has 1 saturated heterocycles. The van der Waals surface area contributed by atoms with Crippen molar-refractivity contribution in [3.63, 3.8) is 0 Å². The number of anilines is 1. The molecule has 1 aliphatic rings. The smallest absolute Gasteiger partial charge is 0.370 e. The molecule has 1 aromatic rings. The summed E-state index contributed by atoms with van der Waals surface area (Å²) in [5.74, 6) is -0.793. The van der Waals surface area contributed by atoms with Gasteiger partial charge in [-0.1, -0.05) is 6.07 Å². The fourth-order valence-corrected chi connectivity index (χ4v) is 2.32. The maximum Gasteiger partial charge on any atom is 0.516 e. The van der Waals surface area contributed by atoms with Crippen molar-refractivity contribution < 1.29 is 31.1 Å². The van der Waals surface area contributed by atoms with Crippen LogP contribution in [0.1, 0.15) is 5.56 Å². The lowest BCUT2D eigenvalue weighted by Gasteiger charge is -2.27. The van der Waals surface area contributed by atoms with Crippen molar-refractivity contribution in [2.45, 2.75) is 12.1 Å². The molecule has 0 saturated carbocycles. The largest absolute Gasteiger partial charge is 0.516 e. The molecule has 2 rings (SSSR count). The fraction of sp³-hybridized carbons (Fsp3) is 0.455. The second-order valence-corrected chi connectivity index (χ2v) is 6.10. The van der Waals surface area contributed by atoms with E-state index in [1.54, 1.807) is 0 Å². The average Bonchev–Trinajstić information content (AvgIpc) is 2.42. The summed E-state index contributed by atoms with van der Waals surface area (Å²) >= 11 is 0. The molecule has 0 unspecified atom stereocenters. The molecule has 1 aliphatic heterocycles. The average molecular weight is 339 g/mol. The predicted octanol–water partition coefficient (Wildman–Crippen LogP) is 0.702. The summed E-state index contributed by atoms with van der Waals surface area (Å²) in [6, 6.07) is 2.83. The van der Waals surface area contributed by atoms with Gasteiger partial charge >= 0.3 is 15.5 Å². The van der Waals surface area contributed by atoms with E-state index >= 15 is 0 Å². The molecule has 0 spiro atoms. The van der Waals surface area contributed by atoms with Crippen LogP contribution in [0.25, 0.3) is 0 Å². The lowest BCUT2D eigenvalue weighted by Crippen LogP contribution is -2.41. The topological polar surface area (TPSA) is 88.6 Å². The molecule has 1 fully saturated rings. The molecule has 7 nitrogen and oxygen atoms in total. The number of hydrogen-bond donors (Lipinski definition) is 1. The third kappa shape index (κ3) is 3.65. The van der Waals surface area contributed by atoms with Gasteiger partial charge in [-0.05, 0) is 6.07 Å². The highest BCUT2D eigenvalue weighted by molar-refractivity contribution is 7.93. The SMILES string of the molecule is O=C1COCCN1Cc1cccnc1NS(=O)(=O)C(F)(F)F. The van der Waals surface area contributed by atoms with Crippen LogP contribution in [0, 0.1) is 0 Å². The number of nitrogens with one attached hydrogen (secondary N) is 1. The molecular weight excluding hydrogens is 327 g/mol. The lowest BCUT2D eigenvalue weighted by molar-refractivity contribution is -0.143. The Bertz CT molecular complexity index is 663. The van der Waals surface area contributed by atoms with E-state index in [4.69, 9.17) is 4.74 Å². The Labute approximate surface area is 124 Å². The Balaban J connectivity index is 2.22. The highest BCUT2D eigenvalue weighted by Crippen LogP contribution is 2.26. The zero-order chi connectivity index (χ0) is 16.4. The first kappa shape index (κ1) is 16.5. The van der Waals surface area contributed by atoms with E-state index in [-0.39, 0.29) is 31.2 Å². The normalized spacial score (nSPS) is 16.7. The zero-order valence-electron chi connectivity index (χ0n) is 11.1. The van der Waals surface area contributed by atoms with Crippen molar-refractivity contribution in [3.8, 4) is 0 Å². The van der Waals surface area contributed by atoms with E-state index in [2.05, 4.69) is 4.98 Å². The van der Waals surface area contributed by atoms with Crippen LogP contribution in [-0.4, -0.2) is 49.5 Å². The molecule has 22 heavy (non-hydrogen) atoms. The summed E-state index contributed by atoms with van der Waals surface area (Å²) < 4.78 is 65.9. The van der Waals surface area contributed by atoms with E-state index in [1.807, 2.05) is 0 Å². The van der Waals surface area contributed by atoms with E-state index in [9.17, 15) is 26.4 Å². The van der Waals surface area contributed by atoms with Crippen molar-refractivity contribution in [3.05, 3.63) is 23.9 Å². The second-order valence-electron chi connectivity index (χ2n) is 4.43. The summed E-state index contributed by atoms with van der Waals surface area (Å²) in [4.78, 5) is 16.6. The quantitative estimate of drug-likeness (QED) is 0.872. The first-order chi connectivity index (χ1) is 10.2. The van der Waals surface area contributed by atoms with Crippen molar-refractivity contribution in [1.82, 2.24) is 9.88 Å². The number of morpholine rings is 1. The number of carbonyl (C=O) groups is 1. The third-order valence-electron chi connectivity index (χ3n) is 2.87. The van der Waals surface area contributed by atoms with Gasteiger partial charge in [0.1, 0.15) is 12.4 Å². The number of halogens is 3. The molecule has 1 N–H and O–H groups in total. The molecule has 0 aliphatic carbocycles. The van der Waals surface area contributed by atoms with Gasteiger partial charge in [-0.3, -0.25) is 9.52 Å². The van der Waals surface area contributed by atoms with E-state index in [0.29, 0.717) is 6.61 Å². The van der Waals surface area contributed by atoms with E-state index in [0.717, 1.165) is 6.20 Å². The first-order valence-corrected chi connectivity index (χ1v) is 7.57. The molecule has 0 bridgehead atoms. The van der Waals surface area contributed by atoms with Gasteiger partial charge in [0.15, 0.2) is 0 Å². The van der Waals surface area contributed by atoms with Gasteiger partial charge in [0.2, 0.25) is 5.91 Å². The molecule has 2 heterocycles.